The predicted molar refractivity (Wildman–Crippen MR) is 218 cm³/mol. The Hall–Kier alpha value is -3.25. The van der Waals surface area contributed by atoms with Gasteiger partial charge >= 0.3 is 5.97 Å². The molecule has 290 valence electrons. The highest BCUT2D eigenvalue weighted by Gasteiger charge is 2.19. The minimum Gasteiger partial charge on any atom is -0.465 e. The number of carbonyl (C=O) groups excluding carboxylic acids is 2. The quantitative estimate of drug-likeness (QED) is 0.0458. The molecule has 1 amide bonds. The van der Waals surface area contributed by atoms with Crippen molar-refractivity contribution in [3.05, 3.63) is 84.2 Å². The summed E-state index contributed by atoms with van der Waals surface area (Å²) in [7, 11) is 0. The summed E-state index contributed by atoms with van der Waals surface area (Å²) in [6.45, 7) is 13.4. The third-order valence-electron chi connectivity index (χ3n) is 9.99. The Morgan fingerprint density at radius 2 is 1.35 bits per heavy atom. The average Bonchev–Trinajstić information content (AvgIpc) is 3.16. The van der Waals surface area contributed by atoms with Gasteiger partial charge in [0.1, 0.15) is 5.82 Å². The van der Waals surface area contributed by atoms with Crippen molar-refractivity contribution in [2.75, 3.05) is 39.3 Å². The molecule has 0 fully saturated rings. The van der Waals surface area contributed by atoms with Crippen LogP contribution < -0.4 is 0 Å². The van der Waals surface area contributed by atoms with Gasteiger partial charge < -0.3 is 14.5 Å². The van der Waals surface area contributed by atoms with Gasteiger partial charge in [-0.1, -0.05) is 126 Å². The maximum absolute atomic E-state index is 14.8. The first-order chi connectivity index (χ1) is 25.4. The monoisotopic (exact) mass is 719 g/mol. The molecule has 52 heavy (non-hydrogen) atoms. The largest absolute Gasteiger partial charge is 0.465 e. The highest BCUT2D eigenvalue weighted by molar-refractivity contribution is 5.78. The standard InChI is InChI=1S/C46H71FN2O3/c1-5-8-9-10-11-12-13-14-15-16-17-18-19-20-26-32-45(50)49(37-29-35-48(6-2)7-3)36-27-21-22-28-38-52-46(51)40(4)42-33-34-43(44(47)39-42)41-30-24-23-25-31-41/h14-15,17-18,23-25,30-31,33-34,39-40H,5-13,16,19-22,26-29,32,35-38H2,1-4H3/b15-14+,18-17+. The van der Waals surface area contributed by atoms with Gasteiger partial charge in [-0.25, -0.2) is 4.39 Å². The Bertz CT molecular complexity index is 1270. The molecule has 1 atom stereocenters. The fourth-order valence-corrected chi connectivity index (χ4v) is 6.48. The zero-order chi connectivity index (χ0) is 37.7. The van der Waals surface area contributed by atoms with Crippen molar-refractivity contribution >= 4 is 11.9 Å². The normalized spacial score (nSPS) is 12.3. The van der Waals surface area contributed by atoms with Crippen LogP contribution in [0.1, 0.15) is 148 Å². The molecule has 0 saturated carbocycles. The fourth-order valence-electron chi connectivity index (χ4n) is 6.48. The Morgan fingerprint density at radius 3 is 2.04 bits per heavy atom. The summed E-state index contributed by atoms with van der Waals surface area (Å²) in [5.41, 5.74) is 1.95. The molecule has 6 heteroatoms. The molecule has 1 unspecified atom stereocenters. The lowest BCUT2D eigenvalue weighted by Crippen LogP contribution is -2.35. The number of halogens is 1. The Labute approximate surface area is 317 Å². The number of allylic oxidation sites excluding steroid dienone is 4. The van der Waals surface area contributed by atoms with Gasteiger partial charge in [-0.2, -0.15) is 0 Å². The molecule has 0 aromatic heterocycles. The third kappa shape index (κ3) is 19.5. The van der Waals surface area contributed by atoms with Crippen LogP contribution in [-0.4, -0.2) is 61.0 Å². The van der Waals surface area contributed by atoms with Crippen molar-refractivity contribution in [3.8, 4) is 11.1 Å². The molecule has 0 N–H and O–H groups in total. The van der Waals surface area contributed by atoms with Crippen LogP contribution in [0.5, 0.6) is 0 Å². The number of benzene rings is 2. The van der Waals surface area contributed by atoms with E-state index in [0.29, 0.717) is 24.2 Å². The fraction of sp³-hybridized carbons (Fsp3) is 0.609. The van der Waals surface area contributed by atoms with E-state index >= 15 is 0 Å². The second-order valence-corrected chi connectivity index (χ2v) is 14.2. The molecule has 0 radical (unpaired) electrons. The van der Waals surface area contributed by atoms with Crippen molar-refractivity contribution in [2.45, 2.75) is 143 Å². The van der Waals surface area contributed by atoms with Gasteiger partial charge in [-0.3, -0.25) is 9.59 Å². The second kappa shape index (κ2) is 29.2. The number of amides is 1. The van der Waals surface area contributed by atoms with Gasteiger partial charge in [-0.05, 0) is 108 Å². The van der Waals surface area contributed by atoms with E-state index in [1.54, 1.807) is 19.1 Å². The first kappa shape index (κ1) is 44.9. The molecular weight excluding hydrogens is 648 g/mol. The SMILES string of the molecule is CCCCCCCC/C=C/C/C=C/CCCCC(=O)N(CCCCCCOC(=O)C(C)c1ccc(-c2ccccc2)c(F)c1)CCCN(CC)CC. The number of nitrogens with zero attached hydrogens (tertiary/aromatic N) is 2. The van der Waals surface area contributed by atoms with Crippen LogP contribution in [0, 0.1) is 5.82 Å². The number of hydrogen-bond acceptors (Lipinski definition) is 4. The first-order valence-electron chi connectivity index (χ1n) is 20.7. The van der Waals surface area contributed by atoms with Crippen LogP contribution in [-0.2, 0) is 14.3 Å². The zero-order valence-electron chi connectivity index (χ0n) is 33.3. The van der Waals surface area contributed by atoms with E-state index in [0.717, 1.165) is 96.1 Å². The highest BCUT2D eigenvalue weighted by Crippen LogP contribution is 2.27. The lowest BCUT2D eigenvalue weighted by molar-refractivity contribution is -0.145. The summed E-state index contributed by atoms with van der Waals surface area (Å²) < 4.78 is 20.4. The summed E-state index contributed by atoms with van der Waals surface area (Å²) in [5.74, 6) is -0.929. The third-order valence-corrected chi connectivity index (χ3v) is 9.99. The number of hydrogen-bond donors (Lipinski definition) is 0. The molecule has 0 heterocycles. The van der Waals surface area contributed by atoms with Crippen LogP contribution in [0.15, 0.2) is 72.8 Å². The molecule has 2 aromatic rings. The molecule has 2 aromatic carbocycles. The zero-order valence-corrected chi connectivity index (χ0v) is 33.3. The molecular formula is C46H71FN2O3. The number of rotatable bonds is 30. The van der Waals surface area contributed by atoms with E-state index in [9.17, 15) is 14.0 Å². The topological polar surface area (TPSA) is 49.9 Å². The second-order valence-electron chi connectivity index (χ2n) is 14.2. The van der Waals surface area contributed by atoms with Crippen LogP contribution in [0.2, 0.25) is 0 Å². The Kier molecular flexibility index (Phi) is 25.2. The van der Waals surface area contributed by atoms with Crippen molar-refractivity contribution in [2.24, 2.45) is 0 Å². The minimum atomic E-state index is -0.534. The van der Waals surface area contributed by atoms with E-state index in [4.69, 9.17) is 4.74 Å². The molecule has 0 spiro atoms. The first-order valence-corrected chi connectivity index (χ1v) is 20.7. The van der Waals surface area contributed by atoms with Gasteiger partial charge in [0.15, 0.2) is 0 Å². The van der Waals surface area contributed by atoms with Crippen LogP contribution in [0.3, 0.4) is 0 Å². The van der Waals surface area contributed by atoms with Crippen molar-refractivity contribution in [1.29, 1.82) is 0 Å². The van der Waals surface area contributed by atoms with E-state index in [1.165, 1.54) is 51.0 Å². The molecule has 5 nitrogen and oxygen atoms in total. The van der Waals surface area contributed by atoms with E-state index in [-0.39, 0.29) is 17.7 Å². The average molecular weight is 719 g/mol. The Balaban J connectivity index is 1.65. The van der Waals surface area contributed by atoms with E-state index < -0.39 is 5.92 Å². The summed E-state index contributed by atoms with van der Waals surface area (Å²) in [5, 5.41) is 0. The van der Waals surface area contributed by atoms with Gasteiger partial charge in [0, 0.05) is 25.1 Å². The Morgan fingerprint density at radius 1 is 0.712 bits per heavy atom. The maximum Gasteiger partial charge on any atom is 0.313 e. The molecule has 2 rings (SSSR count). The summed E-state index contributed by atoms with van der Waals surface area (Å²) in [6.07, 6.45) is 27.7. The van der Waals surface area contributed by atoms with Gasteiger partial charge in [0.05, 0.1) is 12.5 Å². The highest BCUT2D eigenvalue weighted by atomic mass is 19.1. The minimum absolute atomic E-state index is 0.275. The predicted octanol–water partition coefficient (Wildman–Crippen LogP) is 12.1. The molecule has 0 aliphatic rings. The molecule has 0 aliphatic heterocycles. The van der Waals surface area contributed by atoms with Crippen LogP contribution in [0.4, 0.5) is 4.39 Å². The van der Waals surface area contributed by atoms with Crippen molar-refractivity contribution < 1.29 is 18.7 Å². The summed E-state index contributed by atoms with van der Waals surface area (Å²) in [4.78, 5) is 30.4. The number of unbranched alkanes of at least 4 members (excludes halogenated alkanes) is 11. The molecule has 0 bridgehead atoms. The summed E-state index contributed by atoms with van der Waals surface area (Å²) in [6, 6.07) is 14.4. The van der Waals surface area contributed by atoms with Gasteiger partial charge in [0.25, 0.3) is 0 Å². The van der Waals surface area contributed by atoms with Crippen LogP contribution >= 0.6 is 0 Å². The smallest absolute Gasteiger partial charge is 0.313 e. The maximum atomic E-state index is 14.8. The van der Waals surface area contributed by atoms with Gasteiger partial charge in [0.2, 0.25) is 5.91 Å². The van der Waals surface area contributed by atoms with E-state index in [2.05, 4.69) is 54.9 Å². The van der Waals surface area contributed by atoms with Crippen molar-refractivity contribution in [3.63, 3.8) is 0 Å². The summed E-state index contributed by atoms with van der Waals surface area (Å²) >= 11 is 0. The lowest BCUT2D eigenvalue weighted by atomic mass is 9.97. The molecule has 0 saturated heterocycles. The molecule has 0 aliphatic carbocycles. The van der Waals surface area contributed by atoms with E-state index in [1.807, 2.05) is 30.3 Å². The lowest BCUT2D eigenvalue weighted by Gasteiger charge is -2.25. The van der Waals surface area contributed by atoms with Gasteiger partial charge in [-0.15, -0.1) is 0 Å². The number of carbonyl (C=O) groups is 2. The number of ether oxygens (including phenoxy) is 1. The van der Waals surface area contributed by atoms with Crippen LogP contribution in [0.25, 0.3) is 11.1 Å². The van der Waals surface area contributed by atoms with Crippen molar-refractivity contribution in [1.82, 2.24) is 9.80 Å². The number of esters is 1.